The van der Waals surface area contributed by atoms with E-state index in [0.717, 1.165) is 24.2 Å². The number of ether oxygens (including phenoxy) is 1. The van der Waals surface area contributed by atoms with Crippen molar-refractivity contribution in [2.75, 3.05) is 5.73 Å². The number of hydrogen-bond acceptors (Lipinski definition) is 3. The van der Waals surface area contributed by atoms with Gasteiger partial charge >= 0.3 is 0 Å². The van der Waals surface area contributed by atoms with Gasteiger partial charge in [0, 0.05) is 16.8 Å². The monoisotopic (exact) mass is 267 g/mol. The fourth-order valence-corrected chi connectivity index (χ4v) is 2.09. The van der Waals surface area contributed by atoms with Crippen LogP contribution < -0.4 is 10.5 Å². The largest absolute Gasteiger partial charge is 0.490 e. The zero-order valence-corrected chi connectivity index (χ0v) is 11.4. The topological polar surface area (TPSA) is 52.3 Å². The summed E-state index contributed by atoms with van der Waals surface area (Å²) < 4.78 is 5.67. The molecule has 3 rings (SSSR count). The Hall–Kier alpha value is -2.29. The van der Waals surface area contributed by atoms with Gasteiger partial charge in [-0.05, 0) is 56.2 Å². The minimum Gasteiger partial charge on any atom is -0.490 e. The SMILES string of the molecule is Cc1ccc(N)c(C(=O)c2ccc(OC3CC3)cc2)c1. The second-order valence-electron chi connectivity index (χ2n) is 5.26. The minimum absolute atomic E-state index is 0.0517. The molecule has 0 bridgehead atoms. The van der Waals surface area contributed by atoms with Gasteiger partial charge in [0.25, 0.3) is 0 Å². The van der Waals surface area contributed by atoms with Crippen LogP contribution in [0.25, 0.3) is 0 Å². The highest BCUT2D eigenvalue weighted by molar-refractivity contribution is 6.12. The van der Waals surface area contributed by atoms with E-state index in [1.807, 2.05) is 31.2 Å². The summed E-state index contributed by atoms with van der Waals surface area (Å²) in [6.07, 6.45) is 2.62. The molecule has 0 aromatic heterocycles. The fraction of sp³-hybridized carbons (Fsp3) is 0.235. The first-order valence-corrected chi connectivity index (χ1v) is 6.81. The highest BCUT2D eigenvalue weighted by atomic mass is 16.5. The number of rotatable bonds is 4. The highest BCUT2D eigenvalue weighted by Gasteiger charge is 2.23. The van der Waals surface area contributed by atoms with Crippen LogP contribution in [0.1, 0.15) is 34.3 Å². The van der Waals surface area contributed by atoms with Crippen LogP contribution in [0.15, 0.2) is 42.5 Å². The molecule has 0 heterocycles. The molecule has 0 radical (unpaired) electrons. The van der Waals surface area contributed by atoms with Crippen LogP contribution in [0.3, 0.4) is 0 Å². The first kappa shape index (κ1) is 12.7. The van der Waals surface area contributed by atoms with Crippen molar-refractivity contribution in [3.63, 3.8) is 0 Å². The van der Waals surface area contributed by atoms with Crippen LogP contribution in [0.2, 0.25) is 0 Å². The summed E-state index contributed by atoms with van der Waals surface area (Å²) in [6.45, 7) is 1.95. The van der Waals surface area contributed by atoms with Gasteiger partial charge in [-0.15, -0.1) is 0 Å². The lowest BCUT2D eigenvalue weighted by atomic mass is 10.00. The summed E-state index contributed by atoms with van der Waals surface area (Å²) in [5.74, 6) is 0.769. The van der Waals surface area contributed by atoms with E-state index < -0.39 is 0 Å². The summed E-state index contributed by atoms with van der Waals surface area (Å²) in [5, 5.41) is 0. The Morgan fingerprint density at radius 2 is 1.85 bits per heavy atom. The predicted octanol–water partition coefficient (Wildman–Crippen LogP) is 3.35. The molecule has 20 heavy (non-hydrogen) atoms. The molecule has 0 atom stereocenters. The van der Waals surface area contributed by atoms with E-state index in [1.54, 1.807) is 18.2 Å². The summed E-state index contributed by atoms with van der Waals surface area (Å²) in [5.41, 5.74) is 8.61. The minimum atomic E-state index is -0.0517. The average Bonchev–Trinajstić information content (AvgIpc) is 3.26. The van der Waals surface area contributed by atoms with Gasteiger partial charge < -0.3 is 10.5 Å². The van der Waals surface area contributed by atoms with Crippen molar-refractivity contribution >= 4 is 11.5 Å². The molecule has 2 aromatic rings. The number of ketones is 1. The number of aryl methyl sites for hydroxylation is 1. The maximum Gasteiger partial charge on any atom is 0.195 e. The molecule has 0 spiro atoms. The smallest absolute Gasteiger partial charge is 0.195 e. The first-order valence-electron chi connectivity index (χ1n) is 6.81. The van der Waals surface area contributed by atoms with Gasteiger partial charge in [0.2, 0.25) is 0 Å². The molecule has 1 aliphatic rings. The summed E-state index contributed by atoms with van der Waals surface area (Å²) in [4.78, 5) is 12.4. The normalized spacial score (nSPS) is 14.1. The van der Waals surface area contributed by atoms with Gasteiger partial charge in [0.1, 0.15) is 5.75 Å². The second kappa shape index (κ2) is 5.00. The molecular weight excluding hydrogens is 250 g/mol. The zero-order chi connectivity index (χ0) is 14.1. The average molecular weight is 267 g/mol. The highest BCUT2D eigenvalue weighted by Crippen LogP contribution is 2.27. The van der Waals surface area contributed by atoms with Crippen LogP contribution in [-0.4, -0.2) is 11.9 Å². The van der Waals surface area contributed by atoms with Gasteiger partial charge in [-0.25, -0.2) is 0 Å². The maximum absolute atomic E-state index is 12.4. The van der Waals surface area contributed by atoms with Crippen molar-refractivity contribution in [2.45, 2.75) is 25.9 Å². The molecule has 3 heteroatoms. The van der Waals surface area contributed by atoms with E-state index >= 15 is 0 Å². The Morgan fingerprint density at radius 3 is 2.50 bits per heavy atom. The molecule has 1 aliphatic carbocycles. The Balaban J connectivity index is 1.83. The molecular formula is C17H17NO2. The number of carbonyl (C=O) groups is 1. The fourth-order valence-electron chi connectivity index (χ4n) is 2.09. The van der Waals surface area contributed by atoms with E-state index in [1.165, 1.54) is 0 Å². The van der Waals surface area contributed by atoms with Gasteiger partial charge in [-0.3, -0.25) is 4.79 Å². The summed E-state index contributed by atoms with van der Waals surface area (Å²) in [6, 6.07) is 12.8. The Kier molecular flexibility index (Phi) is 3.18. The lowest BCUT2D eigenvalue weighted by Crippen LogP contribution is -2.06. The van der Waals surface area contributed by atoms with E-state index in [0.29, 0.717) is 22.9 Å². The molecule has 102 valence electrons. The third kappa shape index (κ3) is 2.67. The third-order valence-corrected chi connectivity index (χ3v) is 3.40. The Morgan fingerprint density at radius 1 is 1.15 bits per heavy atom. The molecule has 0 amide bonds. The molecule has 2 N–H and O–H groups in total. The number of nitrogens with two attached hydrogens (primary N) is 1. The molecule has 0 unspecified atom stereocenters. The molecule has 1 fully saturated rings. The first-order chi connectivity index (χ1) is 9.63. The number of benzene rings is 2. The number of nitrogen functional groups attached to an aromatic ring is 1. The van der Waals surface area contributed by atoms with Gasteiger partial charge in [-0.2, -0.15) is 0 Å². The standard InChI is InChI=1S/C17H17NO2/c1-11-2-9-16(18)15(10-11)17(19)12-3-5-13(6-4-12)20-14-7-8-14/h2-6,9-10,14H,7-8,18H2,1H3. The molecule has 0 aliphatic heterocycles. The second-order valence-corrected chi connectivity index (χ2v) is 5.26. The molecule has 0 saturated heterocycles. The van der Waals surface area contributed by atoms with Gasteiger partial charge in [-0.1, -0.05) is 11.6 Å². The van der Waals surface area contributed by atoms with Crippen molar-refractivity contribution in [3.8, 4) is 5.75 Å². The van der Waals surface area contributed by atoms with Crippen LogP contribution in [-0.2, 0) is 0 Å². The van der Waals surface area contributed by atoms with Crippen LogP contribution >= 0.6 is 0 Å². The summed E-state index contributed by atoms with van der Waals surface area (Å²) in [7, 11) is 0. The molecule has 2 aromatic carbocycles. The predicted molar refractivity (Wildman–Crippen MR) is 79.1 cm³/mol. The Labute approximate surface area is 118 Å². The van der Waals surface area contributed by atoms with Crippen molar-refractivity contribution in [2.24, 2.45) is 0 Å². The zero-order valence-electron chi connectivity index (χ0n) is 11.4. The van der Waals surface area contributed by atoms with Crippen LogP contribution in [0.5, 0.6) is 5.75 Å². The number of anilines is 1. The van der Waals surface area contributed by atoms with Crippen molar-refractivity contribution in [1.82, 2.24) is 0 Å². The van der Waals surface area contributed by atoms with E-state index in [4.69, 9.17) is 10.5 Å². The van der Waals surface area contributed by atoms with E-state index in [-0.39, 0.29) is 5.78 Å². The third-order valence-electron chi connectivity index (χ3n) is 3.40. The van der Waals surface area contributed by atoms with E-state index in [9.17, 15) is 4.79 Å². The number of carbonyl (C=O) groups excluding carboxylic acids is 1. The lowest BCUT2D eigenvalue weighted by Gasteiger charge is -2.08. The van der Waals surface area contributed by atoms with Crippen LogP contribution in [0, 0.1) is 6.92 Å². The molecule has 3 nitrogen and oxygen atoms in total. The van der Waals surface area contributed by atoms with E-state index in [2.05, 4.69) is 0 Å². The quantitative estimate of drug-likeness (QED) is 0.682. The van der Waals surface area contributed by atoms with Crippen molar-refractivity contribution in [1.29, 1.82) is 0 Å². The van der Waals surface area contributed by atoms with Crippen molar-refractivity contribution < 1.29 is 9.53 Å². The van der Waals surface area contributed by atoms with Gasteiger partial charge in [0.05, 0.1) is 6.10 Å². The lowest BCUT2D eigenvalue weighted by molar-refractivity contribution is 0.103. The maximum atomic E-state index is 12.4. The van der Waals surface area contributed by atoms with Crippen molar-refractivity contribution in [3.05, 3.63) is 59.2 Å². The van der Waals surface area contributed by atoms with Crippen LogP contribution in [0.4, 0.5) is 5.69 Å². The number of hydrogen-bond donors (Lipinski definition) is 1. The Bertz CT molecular complexity index is 643. The van der Waals surface area contributed by atoms with Gasteiger partial charge in [0.15, 0.2) is 5.78 Å². The molecule has 1 saturated carbocycles. The summed E-state index contributed by atoms with van der Waals surface area (Å²) >= 11 is 0.